The monoisotopic (exact) mass is 284 g/mol. The quantitative estimate of drug-likeness (QED) is 0.863. The summed E-state index contributed by atoms with van der Waals surface area (Å²) in [6.45, 7) is 8.30. The van der Waals surface area contributed by atoms with Gasteiger partial charge in [0.05, 0.1) is 19.3 Å². The smallest absolute Gasteiger partial charge is 0.410 e. The molecule has 1 unspecified atom stereocenters. The Morgan fingerprint density at radius 3 is 2.70 bits per heavy atom. The third-order valence-corrected chi connectivity index (χ3v) is 3.85. The van der Waals surface area contributed by atoms with Gasteiger partial charge < -0.3 is 14.8 Å². The van der Waals surface area contributed by atoms with Gasteiger partial charge in [0.25, 0.3) is 0 Å². The summed E-state index contributed by atoms with van der Waals surface area (Å²) in [7, 11) is 0. The Balaban J connectivity index is 1.85. The molecule has 1 saturated heterocycles. The molecule has 0 radical (unpaired) electrons. The highest BCUT2D eigenvalue weighted by Gasteiger charge is 2.31. The van der Waals surface area contributed by atoms with E-state index in [2.05, 4.69) is 5.32 Å². The van der Waals surface area contributed by atoms with Crippen LogP contribution in [-0.2, 0) is 9.47 Å². The van der Waals surface area contributed by atoms with Gasteiger partial charge in [0.15, 0.2) is 0 Å². The zero-order valence-electron chi connectivity index (χ0n) is 13.0. The molecule has 2 aliphatic rings. The third kappa shape index (κ3) is 4.63. The second-order valence-corrected chi connectivity index (χ2v) is 6.79. The molecule has 5 nitrogen and oxygen atoms in total. The Hall–Kier alpha value is -0.810. The Kier molecular flexibility index (Phi) is 5.27. The molecule has 2 rings (SSSR count). The summed E-state index contributed by atoms with van der Waals surface area (Å²) in [6.07, 6.45) is 4.91. The molecule has 20 heavy (non-hydrogen) atoms. The molecule has 0 aromatic rings. The van der Waals surface area contributed by atoms with Crippen molar-refractivity contribution in [3.05, 3.63) is 0 Å². The minimum Gasteiger partial charge on any atom is -0.444 e. The maximum absolute atomic E-state index is 12.2. The van der Waals surface area contributed by atoms with E-state index in [0.717, 1.165) is 6.54 Å². The van der Waals surface area contributed by atoms with Gasteiger partial charge in [0.1, 0.15) is 5.60 Å². The minimum atomic E-state index is -0.446. The summed E-state index contributed by atoms with van der Waals surface area (Å²) in [6, 6.07) is 0.691. The van der Waals surface area contributed by atoms with Crippen LogP contribution in [0.3, 0.4) is 0 Å². The van der Waals surface area contributed by atoms with Gasteiger partial charge in [-0.05, 0) is 33.6 Å². The molecule has 1 amide bonds. The van der Waals surface area contributed by atoms with Crippen molar-refractivity contribution in [2.24, 2.45) is 0 Å². The second kappa shape index (κ2) is 6.76. The highest BCUT2D eigenvalue weighted by atomic mass is 16.6. The molecule has 1 aliphatic heterocycles. The average molecular weight is 284 g/mol. The molecule has 116 valence electrons. The standard InChI is InChI=1S/C15H28N2O3/c1-15(2,3)20-14(18)17-8-9-19-11-13(17)10-16-12-6-4-5-7-12/h12-13,16H,4-11H2,1-3H3. The fraction of sp³-hybridized carbons (Fsp3) is 0.933. The zero-order chi connectivity index (χ0) is 14.6. The number of morpholine rings is 1. The Bertz CT molecular complexity index is 322. The Morgan fingerprint density at radius 2 is 2.05 bits per heavy atom. The van der Waals surface area contributed by atoms with E-state index in [1.54, 1.807) is 0 Å². The molecule has 1 N–H and O–H groups in total. The first-order valence-corrected chi connectivity index (χ1v) is 7.76. The third-order valence-electron chi connectivity index (χ3n) is 3.85. The van der Waals surface area contributed by atoms with E-state index in [4.69, 9.17) is 9.47 Å². The van der Waals surface area contributed by atoms with Gasteiger partial charge in [0.2, 0.25) is 0 Å². The van der Waals surface area contributed by atoms with Crippen molar-refractivity contribution in [3.63, 3.8) is 0 Å². The number of carbonyl (C=O) groups excluding carboxylic acids is 1. The lowest BCUT2D eigenvalue weighted by molar-refractivity contribution is -0.0321. The van der Waals surface area contributed by atoms with Crippen LogP contribution in [0.2, 0.25) is 0 Å². The SMILES string of the molecule is CC(C)(C)OC(=O)N1CCOCC1CNC1CCCC1. The number of amides is 1. The average Bonchev–Trinajstić information content (AvgIpc) is 2.87. The number of hydrogen-bond acceptors (Lipinski definition) is 4. The van der Waals surface area contributed by atoms with Crippen molar-refractivity contribution < 1.29 is 14.3 Å². The molecule has 0 spiro atoms. The van der Waals surface area contributed by atoms with Gasteiger partial charge in [-0.2, -0.15) is 0 Å². The topological polar surface area (TPSA) is 50.8 Å². The van der Waals surface area contributed by atoms with E-state index in [1.165, 1.54) is 25.7 Å². The molecule has 0 bridgehead atoms. The molecule has 2 fully saturated rings. The zero-order valence-corrected chi connectivity index (χ0v) is 13.0. The lowest BCUT2D eigenvalue weighted by Gasteiger charge is -2.37. The lowest BCUT2D eigenvalue weighted by atomic mass is 10.2. The summed E-state index contributed by atoms with van der Waals surface area (Å²) < 4.78 is 11.0. The number of nitrogens with one attached hydrogen (secondary N) is 1. The summed E-state index contributed by atoms with van der Waals surface area (Å²) in [4.78, 5) is 14.1. The number of hydrogen-bond donors (Lipinski definition) is 1. The largest absolute Gasteiger partial charge is 0.444 e. The molecule has 0 aromatic heterocycles. The lowest BCUT2D eigenvalue weighted by Crippen LogP contribution is -2.54. The first-order chi connectivity index (χ1) is 9.46. The van der Waals surface area contributed by atoms with E-state index in [1.807, 2.05) is 25.7 Å². The highest BCUT2D eigenvalue weighted by Crippen LogP contribution is 2.19. The fourth-order valence-corrected chi connectivity index (χ4v) is 2.82. The maximum Gasteiger partial charge on any atom is 0.410 e. The number of rotatable bonds is 3. The molecule has 0 aromatic carbocycles. The van der Waals surface area contributed by atoms with Crippen LogP contribution in [0.15, 0.2) is 0 Å². The van der Waals surface area contributed by atoms with Gasteiger partial charge in [0, 0.05) is 19.1 Å². The molecular formula is C15H28N2O3. The molecule has 1 aliphatic carbocycles. The predicted molar refractivity (Wildman–Crippen MR) is 77.8 cm³/mol. The van der Waals surface area contributed by atoms with Crippen LogP contribution in [0.25, 0.3) is 0 Å². The minimum absolute atomic E-state index is 0.0826. The highest BCUT2D eigenvalue weighted by molar-refractivity contribution is 5.68. The van der Waals surface area contributed by atoms with Crippen LogP contribution in [0.1, 0.15) is 46.5 Å². The van der Waals surface area contributed by atoms with Gasteiger partial charge in [-0.25, -0.2) is 4.79 Å². The van der Waals surface area contributed by atoms with Crippen molar-refractivity contribution in [2.75, 3.05) is 26.3 Å². The van der Waals surface area contributed by atoms with Gasteiger partial charge in [-0.3, -0.25) is 4.90 Å². The Labute approximate surface area is 122 Å². The van der Waals surface area contributed by atoms with E-state index >= 15 is 0 Å². The predicted octanol–water partition coefficient (Wildman–Crippen LogP) is 2.15. The molecule has 5 heteroatoms. The first kappa shape index (κ1) is 15.6. The molecular weight excluding hydrogens is 256 g/mol. The van der Waals surface area contributed by atoms with Crippen LogP contribution < -0.4 is 5.32 Å². The van der Waals surface area contributed by atoms with E-state index < -0.39 is 5.60 Å². The normalized spacial score (nSPS) is 24.9. The van der Waals surface area contributed by atoms with Crippen molar-refractivity contribution in [3.8, 4) is 0 Å². The van der Waals surface area contributed by atoms with Crippen LogP contribution >= 0.6 is 0 Å². The molecule has 1 atom stereocenters. The van der Waals surface area contributed by atoms with Gasteiger partial charge in [-0.15, -0.1) is 0 Å². The number of ether oxygens (including phenoxy) is 2. The van der Waals surface area contributed by atoms with Crippen molar-refractivity contribution in [1.82, 2.24) is 10.2 Å². The van der Waals surface area contributed by atoms with Crippen molar-refractivity contribution >= 4 is 6.09 Å². The Morgan fingerprint density at radius 1 is 1.35 bits per heavy atom. The molecule has 1 heterocycles. The van der Waals surface area contributed by atoms with Gasteiger partial charge in [-0.1, -0.05) is 12.8 Å². The fourth-order valence-electron chi connectivity index (χ4n) is 2.82. The van der Waals surface area contributed by atoms with Crippen LogP contribution in [-0.4, -0.2) is 55.0 Å². The van der Waals surface area contributed by atoms with E-state index in [-0.39, 0.29) is 12.1 Å². The van der Waals surface area contributed by atoms with Crippen LogP contribution in [0.4, 0.5) is 4.79 Å². The summed E-state index contributed by atoms with van der Waals surface area (Å²) in [5, 5.41) is 3.57. The number of carbonyl (C=O) groups is 1. The summed E-state index contributed by atoms with van der Waals surface area (Å²) in [5.74, 6) is 0. The number of nitrogens with zero attached hydrogens (tertiary/aromatic N) is 1. The van der Waals surface area contributed by atoms with Crippen LogP contribution in [0.5, 0.6) is 0 Å². The van der Waals surface area contributed by atoms with Gasteiger partial charge >= 0.3 is 6.09 Å². The maximum atomic E-state index is 12.2. The van der Waals surface area contributed by atoms with Crippen LogP contribution in [0, 0.1) is 0 Å². The summed E-state index contributed by atoms with van der Waals surface area (Å²) in [5.41, 5.74) is -0.446. The molecule has 1 saturated carbocycles. The first-order valence-electron chi connectivity index (χ1n) is 7.76. The summed E-state index contributed by atoms with van der Waals surface area (Å²) >= 11 is 0. The van der Waals surface area contributed by atoms with Crippen molar-refractivity contribution in [1.29, 1.82) is 0 Å². The van der Waals surface area contributed by atoms with E-state index in [0.29, 0.717) is 25.8 Å². The second-order valence-electron chi connectivity index (χ2n) is 6.79. The van der Waals surface area contributed by atoms with Crippen molar-refractivity contribution in [2.45, 2.75) is 64.1 Å². The van der Waals surface area contributed by atoms with E-state index in [9.17, 15) is 4.79 Å².